The number of carbonyl (C=O) groups is 1. The van der Waals surface area contributed by atoms with Gasteiger partial charge < -0.3 is 20.1 Å². The molecule has 34 heavy (non-hydrogen) atoms. The molecule has 2 N–H and O–H groups in total. The molecule has 3 aromatic rings. The predicted octanol–water partition coefficient (Wildman–Crippen LogP) is 6.68. The van der Waals surface area contributed by atoms with Crippen LogP contribution in [-0.4, -0.2) is 35.7 Å². The molecular formula is C26H34N4O3S. The molecule has 1 fully saturated rings. The molecule has 0 amide bonds. The van der Waals surface area contributed by atoms with Crippen LogP contribution in [0.25, 0.3) is 10.2 Å². The number of aromatic nitrogens is 2. The van der Waals surface area contributed by atoms with Crippen molar-refractivity contribution in [1.29, 1.82) is 0 Å². The first kappa shape index (κ1) is 24.3. The van der Waals surface area contributed by atoms with E-state index in [1.807, 2.05) is 35.8 Å². The largest absolute Gasteiger partial charge is 0.494 e. The minimum absolute atomic E-state index is 0.136. The van der Waals surface area contributed by atoms with Gasteiger partial charge in [-0.2, -0.15) is 0 Å². The highest BCUT2D eigenvalue weighted by molar-refractivity contribution is 7.17. The van der Waals surface area contributed by atoms with Crippen LogP contribution in [0, 0.1) is 0 Å². The predicted molar refractivity (Wildman–Crippen MR) is 138 cm³/mol. The number of nitrogens with zero attached hydrogens (tertiary/aromatic N) is 2. The summed E-state index contributed by atoms with van der Waals surface area (Å²) in [6, 6.07) is 10.5. The summed E-state index contributed by atoms with van der Waals surface area (Å²) < 4.78 is 11.6. The first-order valence-corrected chi connectivity index (χ1v) is 13.2. The topological polar surface area (TPSA) is 85.4 Å². The Morgan fingerprint density at radius 3 is 2.68 bits per heavy atom. The van der Waals surface area contributed by atoms with E-state index in [4.69, 9.17) is 9.72 Å². The average molecular weight is 483 g/mol. The highest BCUT2D eigenvalue weighted by Gasteiger charge is 2.16. The minimum atomic E-state index is -0.136. The molecule has 2 heterocycles. The van der Waals surface area contributed by atoms with E-state index in [9.17, 15) is 4.79 Å². The molecule has 1 saturated carbocycles. The van der Waals surface area contributed by atoms with Gasteiger partial charge in [-0.15, -0.1) is 11.3 Å². The Balaban J connectivity index is 1.27. The van der Waals surface area contributed by atoms with Crippen molar-refractivity contribution in [3.05, 3.63) is 35.8 Å². The third-order valence-corrected chi connectivity index (χ3v) is 7.01. The zero-order valence-corrected chi connectivity index (χ0v) is 20.7. The van der Waals surface area contributed by atoms with Gasteiger partial charge in [0.25, 0.3) is 0 Å². The van der Waals surface area contributed by atoms with E-state index in [0.29, 0.717) is 19.1 Å². The van der Waals surface area contributed by atoms with Gasteiger partial charge in [-0.3, -0.25) is 4.79 Å². The molecule has 0 atom stereocenters. The number of anilines is 3. The molecule has 2 aromatic heterocycles. The zero-order chi connectivity index (χ0) is 23.6. The number of methoxy groups -OCH3 is 1. The number of unbranched alkanes of at least 4 members (excludes halogenated alkanes) is 3. The van der Waals surface area contributed by atoms with Gasteiger partial charge in [0.2, 0.25) is 0 Å². The van der Waals surface area contributed by atoms with Crippen molar-refractivity contribution in [2.45, 2.75) is 70.3 Å². The fourth-order valence-corrected chi connectivity index (χ4v) is 4.99. The molecule has 8 heteroatoms. The van der Waals surface area contributed by atoms with Crippen molar-refractivity contribution >= 4 is 44.8 Å². The molecular weight excluding hydrogens is 448 g/mol. The van der Waals surface area contributed by atoms with Crippen LogP contribution in [0.2, 0.25) is 0 Å². The molecule has 1 aromatic carbocycles. The smallest absolute Gasteiger partial charge is 0.305 e. The number of pyridine rings is 1. The molecule has 4 rings (SSSR count). The lowest BCUT2D eigenvalue weighted by Gasteiger charge is -2.23. The number of carbonyl (C=O) groups excluding carboxylic acids is 1. The van der Waals surface area contributed by atoms with Crippen molar-refractivity contribution in [2.75, 3.05) is 24.4 Å². The number of fused-ring (bicyclic) bond motifs is 1. The normalized spacial score (nSPS) is 14.1. The van der Waals surface area contributed by atoms with Crippen LogP contribution in [0.5, 0.6) is 5.75 Å². The van der Waals surface area contributed by atoms with Crippen LogP contribution < -0.4 is 15.4 Å². The number of ether oxygens (including phenoxy) is 2. The van der Waals surface area contributed by atoms with E-state index >= 15 is 0 Å². The molecule has 1 aliphatic rings. The summed E-state index contributed by atoms with van der Waals surface area (Å²) in [4.78, 5) is 20.5. The molecule has 0 radical (unpaired) electrons. The standard InChI is InChI=1S/C26H34N4O3S/c1-32-24(31)11-7-2-3-8-16-33-21-14-12-20(13-15-21)28-23-17-22-25(34-18-27-22)26(30-23)29-19-9-5-4-6-10-19/h12-15,17-19H,2-11,16H2,1H3,(H2,28,29,30). The third-order valence-electron chi connectivity index (χ3n) is 6.16. The summed E-state index contributed by atoms with van der Waals surface area (Å²) in [5.41, 5.74) is 3.81. The van der Waals surface area contributed by atoms with Gasteiger partial charge >= 0.3 is 5.97 Å². The lowest BCUT2D eigenvalue weighted by atomic mass is 9.95. The van der Waals surface area contributed by atoms with E-state index in [-0.39, 0.29) is 5.97 Å². The van der Waals surface area contributed by atoms with E-state index in [1.54, 1.807) is 11.3 Å². The number of rotatable bonds is 12. The molecule has 182 valence electrons. The van der Waals surface area contributed by atoms with Gasteiger partial charge in [0.05, 0.1) is 29.4 Å². The maximum absolute atomic E-state index is 11.1. The van der Waals surface area contributed by atoms with Crippen molar-refractivity contribution in [1.82, 2.24) is 9.97 Å². The van der Waals surface area contributed by atoms with E-state index < -0.39 is 0 Å². The zero-order valence-electron chi connectivity index (χ0n) is 19.8. The third kappa shape index (κ3) is 7.06. The highest BCUT2D eigenvalue weighted by Crippen LogP contribution is 2.31. The first-order valence-electron chi connectivity index (χ1n) is 12.3. The maximum Gasteiger partial charge on any atom is 0.305 e. The van der Waals surface area contributed by atoms with Crippen LogP contribution in [0.3, 0.4) is 0 Å². The summed E-state index contributed by atoms with van der Waals surface area (Å²) in [7, 11) is 1.43. The van der Waals surface area contributed by atoms with E-state index in [1.165, 1.54) is 39.2 Å². The van der Waals surface area contributed by atoms with Crippen LogP contribution >= 0.6 is 11.3 Å². The number of esters is 1. The van der Waals surface area contributed by atoms with Gasteiger partial charge in [0.15, 0.2) is 0 Å². The molecule has 0 bridgehead atoms. The van der Waals surface area contributed by atoms with Crippen LogP contribution in [0.15, 0.2) is 35.8 Å². The van der Waals surface area contributed by atoms with Gasteiger partial charge in [-0.25, -0.2) is 9.97 Å². The fourth-order valence-electron chi connectivity index (χ4n) is 4.27. The van der Waals surface area contributed by atoms with E-state index in [2.05, 4.69) is 20.4 Å². The lowest BCUT2D eigenvalue weighted by molar-refractivity contribution is -0.140. The highest BCUT2D eigenvalue weighted by atomic mass is 32.1. The van der Waals surface area contributed by atoms with Gasteiger partial charge in [0, 0.05) is 24.2 Å². The Morgan fingerprint density at radius 1 is 1.09 bits per heavy atom. The molecule has 0 saturated heterocycles. The average Bonchev–Trinajstić information content (AvgIpc) is 3.34. The SMILES string of the molecule is COC(=O)CCCCCCOc1ccc(Nc2cc3ncsc3c(NC3CCCCC3)n2)cc1. The van der Waals surface area contributed by atoms with E-state index in [0.717, 1.165) is 59.0 Å². The number of hydrogen-bond donors (Lipinski definition) is 2. The van der Waals surface area contributed by atoms with Crippen molar-refractivity contribution in [3.63, 3.8) is 0 Å². The van der Waals surface area contributed by atoms with Crippen LogP contribution in [0.1, 0.15) is 64.2 Å². The maximum atomic E-state index is 11.1. The second kappa shape index (κ2) is 12.6. The molecule has 0 unspecified atom stereocenters. The van der Waals surface area contributed by atoms with Crippen LogP contribution in [-0.2, 0) is 9.53 Å². The summed E-state index contributed by atoms with van der Waals surface area (Å²) in [6.45, 7) is 0.670. The van der Waals surface area contributed by atoms with Gasteiger partial charge in [-0.1, -0.05) is 32.1 Å². The minimum Gasteiger partial charge on any atom is -0.494 e. The molecule has 0 spiro atoms. The Morgan fingerprint density at radius 2 is 1.88 bits per heavy atom. The van der Waals surface area contributed by atoms with Gasteiger partial charge in [0.1, 0.15) is 17.4 Å². The van der Waals surface area contributed by atoms with Crippen LogP contribution in [0.4, 0.5) is 17.3 Å². The Kier molecular flexibility index (Phi) is 8.96. The monoisotopic (exact) mass is 482 g/mol. The number of benzene rings is 1. The molecule has 0 aliphatic heterocycles. The second-order valence-electron chi connectivity index (χ2n) is 8.77. The Bertz CT molecular complexity index is 1050. The van der Waals surface area contributed by atoms with Crippen molar-refractivity contribution in [2.24, 2.45) is 0 Å². The Hall–Kier alpha value is -2.87. The summed E-state index contributed by atoms with van der Waals surface area (Å²) in [5.74, 6) is 2.43. The summed E-state index contributed by atoms with van der Waals surface area (Å²) in [5, 5.41) is 7.09. The quantitative estimate of drug-likeness (QED) is 0.220. The fraction of sp³-hybridized carbons (Fsp3) is 0.500. The lowest BCUT2D eigenvalue weighted by Crippen LogP contribution is -2.23. The number of hydrogen-bond acceptors (Lipinski definition) is 8. The van der Waals surface area contributed by atoms with Crippen molar-refractivity contribution < 1.29 is 14.3 Å². The first-order chi connectivity index (χ1) is 16.7. The molecule has 7 nitrogen and oxygen atoms in total. The van der Waals surface area contributed by atoms with Gasteiger partial charge in [-0.05, 0) is 49.9 Å². The summed E-state index contributed by atoms with van der Waals surface area (Å²) >= 11 is 1.63. The summed E-state index contributed by atoms with van der Waals surface area (Å²) in [6.07, 6.45) is 10.7. The van der Waals surface area contributed by atoms with Crippen molar-refractivity contribution in [3.8, 4) is 5.75 Å². The number of nitrogens with one attached hydrogen (secondary N) is 2. The second-order valence-corrected chi connectivity index (χ2v) is 9.63. The number of thiazole rings is 1. The Labute approximate surface area is 205 Å². The molecule has 1 aliphatic carbocycles.